The molecule has 0 aromatic carbocycles. The van der Waals surface area contributed by atoms with Crippen molar-refractivity contribution in [3.8, 4) is 0 Å². The predicted molar refractivity (Wildman–Crippen MR) is 175 cm³/mol. The van der Waals surface area contributed by atoms with Gasteiger partial charge in [-0.25, -0.2) is 9.59 Å². The van der Waals surface area contributed by atoms with Gasteiger partial charge in [-0.05, 0) is 12.8 Å². The molecule has 0 aliphatic heterocycles. The van der Waals surface area contributed by atoms with Crippen LogP contribution in [0.5, 0.6) is 0 Å². The van der Waals surface area contributed by atoms with E-state index < -0.39 is 24.1 Å². The van der Waals surface area contributed by atoms with Crippen molar-refractivity contribution in [3.63, 3.8) is 0 Å². The Kier molecular flexibility index (Phi) is 31.9. The van der Waals surface area contributed by atoms with Gasteiger partial charge in [0.2, 0.25) is 0 Å². The number of carboxylic acids is 2. The predicted octanol–water partition coefficient (Wildman–Crippen LogP) is 10.9. The summed E-state index contributed by atoms with van der Waals surface area (Å²) in [5.41, 5.74) is 0. The van der Waals surface area contributed by atoms with Crippen LogP contribution in [0.15, 0.2) is 0 Å². The van der Waals surface area contributed by atoms with Gasteiger partial charge in [-0.3, -0.25) is 0 Å². The zero-order valence-electron chi connectivity index (χ0n) is 27.9. The van der Waals surface area contributed by atoms with E-state index in [1.54, 1.807) is 0 Å². The summed E-state index contributed by atoms with van der Waals surface area (Å²) in [7, 11) is 0. The van der Waals surface area contributed by atoms with Gasteiger partial charge in [-0.2, -0.15) is 0 Å². The quantitative estimate of drug-likeness (QED) is 0.0705. The minimum atomic E-state index is -1.46. The molecule has 42 heavy (non-hydrogen) atoms. The third kappa shape index (κ3) is 27.7. The van der Waals surface area contributed by atoms with Crippen LogP contribution in [-0.4, -0.2) is 47.6 Å². The van der Waals surface area contributed by atoms with Gasteiger partial charge in [0, 0.05) is 13.2 Å². The average Bonchev–Trinajstić information content (AvgIpc) is 2.97. The normalized spacial score (nSPS) is 12.9. The molecule has 6 heteroatoms. The summed E-state index contributed by atoms with van der Waals surface area (Å²) in [6.45, 7) is 5.01. The largest absolute Gasteiger partial charge is 0.479 e. The highest BCUT2D eigenvalue weighted by molar-refractivity contribution is 5.83. The van der Waals surface area contributed by atoms with Crippen LogP contribution in [0.2, 0.25) is 0 Å². The van der Waals surface area contributed by atoms with E-state index in [2.05, 4.69) is 13.8 Å². The van der Waals surface area contributed by atoms with E-state index in [-0.39, 0.29) is 13.2 Å². The molecule has 0 heterocycles. The first-order valence-corrected chi connectivity index (χ1v) is 18.2. The smallest absolute Gasteiger partial charge is 0.336 e. The molecule has 0 spiro atoms. The standard InChI is InChI=1S/C36H70O6/c1-3-5-7-9-11-13-15-17-19-21-23-25-27-29-31-41-33(35(37)38)34(36(39)40)42-32-30-28-26-24-22-20-18-16-14-12-10-8-6-4-2/h33-34H,3-32H2,1-2H3,(H,37,38)(H,39,40). The van der Waals surface area contributed by atoms with Crippen molar-refractivity contribution in [2.45, 2.75) is 206 Å². The van der Waals surface area contributed by atoms with Crippen molar-refractivity contribution < 1.29 is 29.3 Å². The Morgan fingerprint density at radius 1 is 0.381 bits per heavy atom. The van der Waals surface area contributed by atoms with Crippen LogP contribution >= 0.6 is 0 Å². The van der Waals surface area contributed by atoms with E-state index in [1.165, 1.54) is 141 Å². The van der Waals surface area contributed by atoms with Gasteiger partial charge in [0.1, 0.15) is 0 Å². The SMILES string of the molecule is CCCCCCCCCCCCCCCCOC(C(=O)O)C(OCCCCCCCCCCCCCCCC)C(=O)O. The Hall–Kier alpha value is -1.14. The zero-order valence-corrected chi connectivity index (χ0v) is 27.9. The van der Waals surface area contributed by atoms with E-state index in [4.69, 9.17) is 9.47 Å². The molecule has 2 unspecified atom stereocenters. The molecule has 6 nitrogen and oxygen atoms in total. The van der Waals surface area contributed by atoms with Crippen LogP contribution in [0, 0.1) is 0 Å². The maximum absolute atomic E-state index is 11.7. The van der Waals surface area contributed by atoms with Crippen molar-refractivity contribution >= 4 is 11.9 Å². The van der Waals surface area contributed by atoms with E-state index in [1.807, 2.05) is 0 Å². The molecule has 0 radical (unpaired) electrons. The minimum absolute atomic E-state index is 0.251. The molecule has 250 valence electrons. The van der Waals surface area contributed by atoms with Crippen molar-refractivity contribution in [3.05, 3.63) is 0 Å². The minimum Gasteiger partial charge on any atom is -0.479 e. The lowest BCUT2D eigenvalue weighted by Gasteiger charge is -2.21. The summed E-state index contributed by atoms with van der Waals surface area (Å²) in [6.07, 6.45) is 32.0. The first kappa shape index (κ1) is 40.9. The second kappa shape index (κ2) is 32.8. The maximum Gasteiger partial charge on any atom is 0.336 e. The van der Waals surface area contributed by atoms with Crippen molar-refractivity contribution in [1.29, 1.82) is 0 Å². The number of carboxylic acid groups (broad SMARTS) is 2. The molecule has 0 aliphatic rings. The molecule has 0 aliphatic carbocycles. The van der Waals surface area contributed by atoms with E-state index in [0.29, 0.717) is 0 Å². The summed E-state index contributed by atoms with van der Waals surface area (Å²) in [5.74, 6) is -2.54. The number of aliphatic carboxylic acids is 2. The lowest BCUT2D eigenvalue weighted by Crippen LogP contribution is -2.44. The Labute approximate surface area is 260 Å². The molecule has 0 bridgehead atoms. The monoisotopic (exact) mass is 599 g/mol. The number of hydrogen-bond acceptors (Lipinski definition) is 4. The van der Waals surface area contributed by atoms with E-state index in [0.717, 1.165) is 38.5 Å². The third-order valence-corrected chi connectivity index (χ3v) is 8.35. The van der Waals surface area contributed by atoms with Gasteiger partial charge in [-0.1, -0.05) is 181 Å². The zero-order chi connectivity index (χ0) is 30.9. The maximum atomic E-state index is 11.7. The molecule has 0 saturated carbocycles. The summed E-state index contributed by atoms with van der Waals surface area (Å²) in [5, 5.41) is 19.1. The Balaban J connectivity index is 3.78. The fraction of sp³-hybridized carbons (Fsp3) is 0.944. The molecular formula is C36H70O6. The highest BCUT2D eigenvalue weighted by atomic mass is 16.6. The van der Waals surface area contributed by atoms with Gasteiger partial charge in [-0.15, -0.1) is 0 Å². The van der Waals surface area contributed by atoms with Crippen molar-refractivity contribution in [2.24, 2.45) is 0 Å². The van der Waals surface area contributed by atoms with E-state index in [9.17, 15) is 19.8 Å². The molecule has 0 rings (SSSR count). The molecule has 2 atom stereocenters. The lowest BCUT2D eigenvalue weighted by molar-refractivity contribution is -0.176. The second-order valence-electron chi connectivity index (χ2n) is 12.5. The van der Waals surface area contributed by atoms with E-state index >= 15 is 0 Å². The Morgan fingerprint density at radius 3 is 0.762 bits per heavy atom. The number of hydrogen-bond donors (Lipinski definition) is 2. The number of ether oxygens (including phenoxy) is 2. The molecule has 0 aromatic rings. The van der Waals surface area contributed by atoms with Gasteiger partial charge < -0.3 is 19.7 Å². The fourth-order valence-corrected chi connectivity index (χ4v) is 5.59. The number of carbonyl (C=O) groups is 2. The summed E-state index contributed by atoms with van der Waals surface area (Å²) in [6, 6.07) is 0. The van der Waals surface area contributed by atoms with Crippen LogP contribution in [0.25, 0.3) is 0 Å². The molecule has 0 aromatic heterocycles. The Morgan fingerprint density at radius 2 is 0.571 bits per heavy atom. The molecule has 0 amide bonds. The van der Waals surface area contributed by atoms with Crippen LogP contribution < -0.4 is 0 Å². The second-order valence-corrected chi connectivity index (χ2v) is 12.5. The van der Waals surface area contributed by atoms with Crippen LogP contribution in [-0.2, 0) is 19.1 Å². The molecule has 0 fully saturated rings. The molecule has 2 N–H and O–H groups in total. The number of unbranched alkanes of at least 4 members (excludes halogenated alkanes) is 26. The molecule has 0 saturated heterocycles. The van der Waals surface area contributed by atoms with Crippen LogP contribution in [0.3, 0.4) is 0 Å². The number of rotatable bonds is 35. The lowest BCUT2D eigenvalue weighted by atomic mass is 10.0. The summed E-state index contributed by atoms with van der Waals surface area (Å²) in [4.78, 5) is 23.4. The van der Waals surface area contributed by atoms with Gasteiger partial charge >= 0.3 is 11.9 Å². The summed E-state index contributed by atoms with van der Waals surface area (Å²) >= 11 is 0. The first-order chi connectivity index (χ1) is 20.5. The van der Waals surface area contributed by atoms with Crippen LogP contribution in [0.1, 0.15) is 194 Å². The van der Waals surface area contributed by atoms with Gasteiger partial charge in [0.15, 0.2) is 12.2 Å². The first-order valence-electron chi connectivity index (χ1n) is 18.2. The third-order valence-electron chi connectivity index (χ3n) is 8.35. The fourth-order valence-electron chi connectivity index (χ4n) is 5.59. The highest BCUT2D eigenvalue weighted by Crippen LogP contribution is 2.15. The van der Waals surface area contributed by atoms with Crippen LogP contribution in [0.4, 0.5) is 0 Å². The highest BCUT2D eigenvalue weighted by Gasteiger charge is 2.35. The Bertz CT molecular complexity index is 531. The average molecular weight is 599 g/mol. The summed E-state index contributed by atoms with van der Waals surface area (Å²) < 4.78 is 11.0. The molecular weight excluding hydrogens is 528 g/mol. The van der Waals surface area contributed by atoms with Gasteiger partial charge in [0.05, 0.1) is 0 Å². The van der Waals surface area contributed by atoms with Gasteiger partial charge in [0.25, 0.3) is 0 Å². The van der Waals surface area contributed by atoms with Crippen molar-refractivity contribution in [1.82, 2.24) is 0 Å². The van der Waals surface area contributed by atoms with Crippen molar-refractivity contribution in [2.75, 3.05) is 13.2 Å². The topological polar surface area (TPSA) is 93.1 Å².